The van der Waals surface area contributed by atoms with Crippen LogP contribution in [0.2, 0.25) is 5.02 Å². The molecule has 2 aliphatic heterocycles. The van der Waals surface area contributed by atoms with Gasteiger partial charge in [0, 0.05) is 42.5 Å². The number of carbonyl (C=O) groups is 1. The average molecular weight is 556 g/mol. The Bertz CT molecular complexity index is 1550. The highest BCUT2D eigenvalue weighted by molar-refractivity contribution is 7.92. The standard InChI is InChI=1S/C26H30ClN7O3S/c1-16-13-32(15-18(16)12-28)25-17(2)14-34-24(29-25)11-22(30-34)23-6-4-5-9-33(23)26(35)20-10-19(27)7-8-21(20)31-38(3,36)37/h7-8,10-11,14,16,18,23,31H,4-6,9,13,15H2,1-3H3/t16?,18?,23-/m0/s1. The Hall–Kier alpha value is -3.36. The lowest BCUT2D eigenvalue weighted by Gasteiger charge is -2.35. The first-order chi connectivity index (χ1) is 18.0. The monoisotopic (exact) mass is 555 g/mol. The third-order valence-electron chi connectivity index (χ3n) is 7.31. The van der Waals surface area contributed by atoms with Crippen LogP contribution in [0.5, 0.6) is 0 Å². The number of likely N-dealkylation sites (tertiary alicyclic amines) is 1. The van der Waals surface area contributed by atoms with Crippen molar-refractivity contribution >= 4 is 44.7 Å². The van der Waals surface area contributed by atoms with Crippen molar-refractivity contribution in [2.45, 2.75) is 39.2 Å². The molecule has 2 unspecified atom stereocenters. The summed E-state index contributed by atoms with van der Waals surface area (Å²) in [7, 11) is -3.59. The number of amides is 1. The van der Waals surface area contributed by atoms with Crippen molar-refractivity contribution in [1.29, 1.82) is 5.26 Å². The Balaban J connectivity index is 1.48. The predicted octanol–water partition coefficient (Wildman–Crippen LogP) is 4.03. The van der Waals surface area contributed by atoms with E-state index in [2.05, 4.69) is 22.6 Å². The van der Waals surface area contributed by atoms with Gasteiger partial charge in [0.25, 0.3) is 5.91 Å². The van der Waals surface area contributed by atoms with Crippen molar-refractivity contribution in [1.82, 2.24) is 19.5 Å². The number of aromatic nitrogens is 3. The fraction of sp³-hybridized carbons (Fsp3) is 0.462. The Morgan fingerprint density at radius 2 is 2.03 bits per heavy atom. The molecule has 1 amide bonds. The molecular weight excluding hydrogens is 526 g/mol. The molecule has 2 aromatic heterocycles. The van der Waals surface area contributed by atoms with Gasteiger partial charge in [0.1, 0.15) is 5.82 Å². The molecule has 0 spiro atoms. The van der Waals surface area contributed by atoms with Crippen molar-refractivity contribution in [2.24, 2.45) is 11.8 Å². The molecule has 0 radical (unpaired) electrons. The summed E-state index contributed by atoms with van der Waals surface area (Å²) in [5.41, 5.74) is 2.76. The number of carbonyl (C=O) groups excluding carboxylic acids is 1. The summed E-state index contributed by atoms with van der Waals surface area (Å²) < 4.78 is 28.0. The number of nitriles is 1. The van der Waals surface area contributed by atoms with Crippen molar-refractivity contribution in [3.63, 3.8) is 0 Å². The number of piperidine rings is 1. The van der Waals surface area contributed by atoms with Crippen LogP contribution in [0.1, 0.15) is 53.8 Å². The number of benzene rings is 1. The van der Waals surface area contributed by atoms with Crippen LogP contribution in [-0.4, -0.2) is 59.7 Å². The highest BCUT2D eigenvalue weighted by atomic mass is 35.5. The van der Waals surface area contributed by atoms with Gasteiger partial charge >= 0.3 is 0 Å². The van der Waals surface area contributed by atoms with Crippen LogP contribution in [-0.2, 0) is 10.0 Å². The van der Waals surface area contributed by atoms with Gasteiger partial charge in [-0.3, -0.25) is 9.52 Å². The number of hydrogen-bond donors (Lipinski definition) is 1. The van der Waals surface area contributed by atoms with E-state index in [9.17, 15) is 18.5 Å². The van der Waals surface area contributed by atoms with Gasteiger partial charge in [-0.15, -0.1) is 0 Å². The quantitative estimate of drug-likeness (QED) is 0.504. The van der Waals surface area contributed by atoms with Crippen LogP contribution >= 0.6 is 11.6 Å². The Kier molecular flexibility index (Phi) is 6.96. The van der Waals surface area contributed by atoms with Crippen LogP contribution in [0.15, 0.2) is 30.5 Å². The number of rotatable bonds is 5. The number of nitrogens with zero attached hydrogens (tertiary/aromatic N) is 6. The van der Waals surface area contributed by atoms with E-state index in [1.165, 1.54) is 12.1 Å². The first kappa shape index (κ1) is 26.3. The highest BCUT2D eigenvalue weighted by Crippen LogP contribution is 2.35. The molecule has 1 N–H and O–H groups in total. The Morgan fingerprint density at radius 3 is 2.74 bits per heavy atom. The molecule has 12 heteroatoms. The maximum absolute atomic E-state index is 13.8. The first-order valence-electron chi connectivity index (χ1n) is 12.6. The summed E-state index contributed by atoms with van der Waals surface area (Å²) in [6.45, 7) is 6.01. The highest BCUT2D eigenvalue weighted by Gasteiger charge is 2.34. The third kappa shape index (κ3) is 5.15. The molecule has 38 heavy (non-hydrogen) atoms. The molecule has 3 aromatic rings. The van der Waals surface area contributed by atoms with Gasteiger partial charge in [0.15, 0.2) is 5.65 Å². The van der Waals surface area contributed by atoms with E-state index >= 15 is 0 Å². The smallest absolute Gasteiger partial charge is 0.256 e. The lowest BCUT2D eigenvalue weighted by molar-refractivity contribution is 0.0607. The van der Waals surface area contributed by atoms with Gasteiger partial charge in [0.05, 0.1) is 41.2 Å². The Labute approximate surface area is 227 Å². The van der Waals surface area contributed by atoms with Gasteiger partial charge in [0.2, 0.25) is 10.0 Å². The van der Waals surface area contributed by atoms with Gasteiger partial charge < -0.3 is 9.80 Å². The fourth-order valence-electron chi connectivity index (χ4n) is 5.43. The maximum Gasteiger partial charge on any atom is 0.256 e. The van der Waals surface area contributed by atoms with Crippen molar-refractivity contribution in [3.8, 4) is 6.07 Å². The molecule has 10 nitrogen and oxygen atoms in total. The molecule has 4 heterocycles. The van der Waals surface area contributed by atoms with Crippen molar-refractivity contribution in [3.05, 3.63) is 52.3 Å². The summed E-state index contributed by atoms with van der Waals surface area (Å²) in [4.78, 5) is 22.6. The molecule has 1 aromatic carbocycles. The molecule has 200 valence electrons. The first-order valence-corrected chi connectivity index (χ1v) is 14.9. The van der Waals surface area contributed by atoms with Gasteiger partial charge in [-0.05, 0) is 50.3 Å². The number of anilines is 2. The predicted molar refractivity (Wildman–Crippen MR) is 146 cm³/mol. The molecule has 0 bridgehead atoms. The minimum atomic E-state index is -3.59. The third-order valence-corrected chi connectivity index (χ3v) is 8.14. The minimum absolute atomic E-state index is 0.0247. The van der Waals surface area contributed by atoms with E-state index in [1.807, 2.05) is 19.2 Å². The molecule has 2 saturated heterocycles. The summed E-state index contributed by atoms with van der Waals surface area (Å²) in [5.74, 6) is 0.788. The summed E-state index contributed by atoms with van der Waals surface area (Å²) in [6.07, 6.45) is 5.48. The van der Waals surface area contributed by atoms with Crippen molar-refractivity contribution in [2.75, 3.05) is 35.5 Å². The average Bonchev–Trinajstić information content (AvgIpc) is 3.45. The molecule has 2 aliphatic rings. The number of halogens is 1. The van der Waals surface area contributed by atoms with Crippen LogP contribution < -0.4 is 9.62 Å². The molecule has 0 aliphatic carbocycles. The molecule has 5 rings (SSSR count). The van der Waals surface area contributed by atoms with Gasteiger partial charge in [-0.2, -0.15) is 10.4 Å². The normalized spacial score (nSPS) is 22.0. The number of aryl methyl sites for hydroxylation is 1. The molecule has 0 saturated carbocycles. The van der Waals surface area contributed by atoms with Crippen LogP contribution in [0.4, 0.5) is 11.5 Å². The second-order valence-electron chi connectivity index (χ2n) is 10.3. The summed E-state index contributed by atoms with van der Waals surface area (Å²) >= 11 is 6.19. The minimum Gasteiger partial charge on any atom is -0.355 e. The molecule has 2 fully saturated rings. The fourth-order valence-corrected chi connectivity index (χ4v) is 6.18. The second-order valence-corrected chi connectivity index (χ2v) is 12.5. The largest absolute Gasteiger partial charge is 0.355 e. The number of nitrogens with one attached hydrogen (secondary N) is 1. The zero-order valence-electron chi connectivity index (χ0n) is 21.6. The van der Waals surface area contributed by atoms with E-state index in [0.29, 0.717) is 23.8 Å². The van der Waals surface area contributed by atoms with Crippen LogP contribution in [0.3, 0.4) is 0 Å². The van der Waals surface area contributed by atoms with E-state index in [-0.39, 0.29) is 35.0 Å². The summed E-state index contributed by atoms with van der Waals surface area (Å²) in [5, 5.41) is 14.6. The van der Waals surface area contributed by atoms with Crippen LogP contribution in [0, 0.1) is 30.1 Å². The zero-order valence-corrected chi connectivity index (χ0v) is 23.1. The van der Waals surface area contributed by atoms with Gasteiger partial charge in [-0.25, -0.2) is 17.9 Å². The lowest BCUT2D eigenvalue weighted by Crippen LogP contribution is -2.39. The van der Waals surface area contributed by atoms with E-state index in [4.69, 9.17) is 21.7 Å². The number of fused-ring (bicyclic) bond motifs is 1. The van der Waals surface area contributed by atoms with Crippen LogP contribution in [0.25, 0.3) is 5.65 Å². The molecule has 3 atom stereocenters. The molecular formula is C26H30ClN7O3S. The number of sulfonamides is 1. The van der Waals surface area contributed by atoms with Gasteiger partial charge in [-0.1, -0.05) is 18.5 Å². The van der Waals surface area contributed by atoms with E-state index in [1.54, 1.807) is 15.5 Å². The zero-order chi connectivity index (χ0) is 27.2. The Morgan fingerprint density at radius 1 is 1.24 bits per heavy atom. The maximum atomic E-state index is 13.8. The second kappa shape index (κ2) is 10.1. The van der Waals surface area contributed by atoms with E-state index in [0.717, 1.165) is 49.1 Å². The lowest BCUT2D eigenvalue weighted by atomic mass is 9.98. The van der Waals surface area contributed by atoms with E-state index < -0.39 is 10.0 Å². The topological polar surface area (TPSA) is 124 Å². The number of hydrogen-bond acceptors (Lipinski definition) is 7. The SMILES string of the molecule is Cc1cn2nc([C@@H]3CCCCN3C(=O)c3cc(Cl)ccc3NS(C)(=O)=O)cc2nc1N1CC(C)C(C#N)C1. The summed E-state index contributed by atoms with van der Waals surface area (Å²) in [6, 6.07) is 8.56. The van der Waals surface area contributed by atoms with Crippen molar-refractivity contribution < 1.29 is 13.2 Å².